The fraction of sp³-hybridized carbons (Fsp3) is 0.375. The normalized spacial score (nSPS) is 10.3. The van der Waals surface area contributed by atoms with Crippen LogP contribution in [-0.4, -0.2) is 16.6 Å². The van der Waals surface area contributed by atoms with Crippen molar-refractivity contribution in [3.05, 3.63) is 47.2 Å². The van der Waals surface area contributed by atoms with E-state index in [-0.39, 0.29) is 0 Å². The zero-order valence-corrected chi connectivity index (χ0v) is 12.3. The van der Waals surface area contributed by atoms with Crippen LogP contribution in [0.15, 0.2) is 30.3 Å². The van der Waals surface area contributed by atoms with Gasteiger partial charge in [-0.05, 0) is 31.4 Å². The highest BCUT2D eigenvalue weighted by Crippen LogP contribution is 2.13. The van der Waals surface area contributed by atoms with Crippen LogP contribution >= 0.6 is 0 Å². The van der Waals surface area contributed by atoms with Crippen molar-refractivity contribution in [2.45, 2.75) is 33.7 Å². The maximum Gasteiger partial charge on any atom is 0.226 e. The van der Waals surface area contributed by atoms with Gasteiger partial charge in [-0.2, -0.15) is 4.98 Å². The predicted octanol–water partition coefficient (Wildman–Crippen LogP) is 3.36. The van der Waals surface area contributed by atoms with Gasteiger partial charge in [-0.25, -0.2) is 4.98 Å². The molecule has 4 heteroatoms. The summed E-state index contributed by atoms with van der Waals surface area (Å²) in [5.41, 5.74) is 3.46. The molecule has 0 amide bonds. The maximum absolute atomic E-state index is 5.42. The van der Waals surface area contributed by atoms with E-state index in [0.717, 1.165) is 12.1 Å². The summed E-state index contributed by atoms with van der Waals surface area (Å²) >= 11 is 0. The minimum absolute atomic E-state index is 0.605. The number of ether oxygens (including phenoxy) is 1. The monoisotopic (exact) mass is 271 g/mol. The number of benzene rings is 1. The first-order valence-corrected chi connectivity index (χ1v) is 7.01. The van der Waals surface area contributed by atoms with Gasteiger partial charge >= 0.3 is 0 Å². The summed E-state index contributed by atoms with van der Waals surface area (Å²) in [5.74, 6) is 1.22. The van der Waals surface area contributed by atoms with Crippen molar-refractivity contribution < 1.29 is 4.74 Å². The van der Waals surface area contributed by atoms with E-state index >= 15 is 0 Å². The molecule has 0 radical (unpaired) electrons. The van der Waals surface area contributed by atoms with Crippen molar-refractivity contribution in [1.82, 2.24) is 9.97 Å². The van der Waals surface area contributed by atoms with Crippen LogP contribution in [0.1, 0.15) is 30.7 Å². The van der Waals surface area contributed by atoms with Crippen LogP contribution in [0, 0.1) is 6.92 Å². The Labute approximate surface area is 120 Å². The van der Waals surface area contributed by atoms with E-state index in [1.807, 2.05) is 19.9 Å². The Morgan fingerprint density at radius 3 is 2.40 bits per heavy atom. The fourth-order valence-corrected chi connectivity index (χ4v) is 1.91. The van der Waals surface area contributed by atoms with Gasteiger partial charge in [0.25, 0.3) is 0 Å². The molecular formula is C16H21N3O. The second kappa shape index (κ2) is 6.89. The largest absolute Gasteiger partial charge is 0.478 e. The van der Waals surface area contributed by atoms with Gasteiger partial charge < -0.3 is 10.1 Å². The first-order valence-electron chi connectivity index (χ1n) is 7.01. The van der Waals surface area contributed by atoms with Gasteiger partial charge in [0.05, 0.1) is 6.61 Å². The van der Waals surface area contributed by atoms with Crippen LogP contribution in [-0.2, 0) is 13.0 Å². The summed E-state index contributed by atoms with van der Waals surface area (Å²) in [4.78, 5) is 8.69. The summed E-state index contributed by atoms with van der Waals surface area (Å²) in [6, 6.07) is 10.4. The van der Waals surface area contributed by atoms with Crippen LogP contribution < -0.4 is 10.1 Å². The van der Waals surface area contributed by atoms with E-state index in [1.54, 1.807) is 0 Å². The van der Waals surface area contributed by atoms with Crippen molar-refractivity contribution in [3.63, 3.8) is 0 Å². The molecule has 0 atom stereocenters. The number of hydrogen-bond acceptors (Lipinski definition) is 4. The van der Waals surface area contributed by atoms with Gasteiger partial charge in [0.15, 0.2) is 0 Å². The lowest BCUT2D eigenvalue weighted by Gasteiger charge is -2.08. The molecule has 20 heavy (non-hydrogen) atoms. The molecule has 0 fully saturated rings. The standard InChI is InChI=1S/C16H21N3O/c1-4-13-6-8-14(9-7-13)11-17-16-18-12(3)10-15(19-16)20-5-2/h6-10H,4-5,11H2,1-3H3,(H,17,18,19). The Morgan fingerprint density at radius 1 is 1.05 bits per heavy atom. The summed E-state index contributed by atoms with van der Waals surface area (Å²) in [7, 11) is 0. The minimum atomic E-state index is 0.605. The highest BCUT2D eigenvalue weighted by Gasteiger charge is 2.02. The van der Waals surface area contributed by atoms with Crippen molar-refractivity contribution in [2.24, 2.45) is 0 Å². The molecule has 0 saturated heterocycles. The van der Waals surface area contributed by atoms with Gasteiger partial charge in [0.1, 0.15) is 0 Å². The lowest BCUT2D eigenvalue weighted by Crippen LogP contribution is -2.06. The number of hydrogen-bond donors (Lipinski definition) is 1. The van der Waals surface area contributed by atoms with E-state index in [4.69, 9.17) is 4.74 Å². The van der Waals surface area contributed by atoms with Crippen molar-refractivity contribution in [3.8, 4) is 5.88 Å². The highest BCUT2D eigenvalue weighted by atomic mass is 16.5. The number of rotatable bonds is 6. The van der Waals surface area contributed by atoms with E-state index < -0.39 is 0 Å². The molecule has 1 heterocycles. The Kier molecular flexibility index (Phi) is 4.93. The molecule has 2 rings (SSSR count). The Balaban J connectivity index is 2.02. The second-order valence-electron chi connectivity index (χ2n) is 4.63. The van der Waals surface area contributed by atoms with Gasteiger partial charge in [-0.1, -0.05) is 31.2 Å². The molecule has 4 nitrogen and oxygen atoms in total. The first kappa shape index (κ1) is 14.3. The molecule has 0 bridgehead atoms. The molecule has 1 aromatic heterocycles. The molecule has 0 aliphatic carbocycles. The zero-order valence-electron chi connectivity index (χ0n) is 12.3. The third-order valence-corrected chi connectivity index (χ3v) is 3.00. The van der Waals surface area contributed by atoms with Crippen LogP contribution in [0.4, 0.5) is 5.95 Å². The summed E-state index contributed by atoms with van der Waals surface area (Å²) in [6.45, 7) is 7.35. The van der Waals surface area contributed by atoms with Crippen LogP contribution in [0.25, 0.3) is 0 Å². The minimum Gasteiger partial charge on any atom is -0.478 e. The SMILES string of the molecule is CCOc1cc(C)nc(NCc2ccc(CC)cc2)n1. The molecular weight excluding hydrogens is 250 g/mol. The molecule has 0 spiro atoms. The van der Waals surface area contributed by atoms with Crippen molar-refractivity contribution in [1.29, 1.82) is 0 Å². The average molecular weight is 271 g/mol. The highest BCUT2D eigenvalue weighted by molar-refractivity contribution is 5.33. The van der Waals surface area contributed by atoms with Crippen LogP contribution in [0.5, 0.6) is 5.88 Å². The Hall–Kier alpha value is -2.10. The second-order valence-corrected chi connectivity index (χ2v) is 4.63. The Morgan fingerprint density at radius 2 is 1.75 bits per heavy atom. The first-order chi connectivity index (χ1) is 9.71. The van der Waals surface area contributed by atoms with E-state index in [0.29, 0.717) is 25.0 Å². The van der Waals surface area contributed by atoms with Gasteiger partial charge in [-0.3, -0.25) is 0 Å². The van der Waals surface area contributed by atoms with Crippen LogP contribution in [0.2, 0.25) is 0 Å². The maximum atomic E-state index is 5.42. The molecule has 0 aliphatic rings. The van der Waals surface area contributed by atoms with Gasteiger partial charge in [0, 0.05) is 18.3 Å². The molecule has 106 valence electrons. The predicted molar refractivity (Wildman–Crippen MR) is 81.1 cm³/mol. The molecule has 0 saturated carbocycles. The molecule has 0 unspecified atom stereocenters. The van der Waals surface area contributed by atoms with E-state index in [9.17, 15) is 0 Å². The zero-order chi connectivity index (χ0) is 14.4. The van der Waals surface area contributed by atoms with E-state index in [1.165, 1.54) is 11.1 Å². The molecule has 0 aliphatic heterocycles. The third kappa shape index (κ3) is 3.95. The number of anilines is 1. The lowest BCUT2D eigenvalue weighted by atomic mass is 10.1. The number of aryl methyl sites for hydroxylation is 2. The summed E-state index contributed by atoms with van der Waals surface area (Å²) in [5, 5.41) is 3.24. The number of nitrogens with zero attached hydrogens (tertiary/aromatic N) is 2. The number of nitrogens with one attached hydrogen (secondary N) is 1. The molecule has 1 N–H and O–H groups in total. The van der Waals surface area contributed by atoms with Gasteiger partial charge in [0.2, 0.25) is 11.8 Å². The fourth-order valence-electron chi connectivity index (χ4n) is 1.91. The van der Waals surface area contributed by atoms with Gasteiger partial charge in [-0.15, -0.1) is 0 Å². The van der Waals surface area contributed by atoms with E-state index in [2.05, 4.69) is 46.5 Å². The average Bonchev–Trinajstić information content (AvgIpc) is 2.45. The quantitative estimate of drug-likeness (QED) is 0.875. The smallest absolute Gasteiger partial charge is 0.226 e. The van der Waals surface area contributed by atoms with Crippen LogP contribution in [0.3, 0.4) is 0 Å². The number of aromatic nitrogens is 2. The summed E-state index contributed by atoms with van der Waals surface area (Å²) in [6.07, 6.45) is 1.06. The van der Waals surface area contributed by atoms with Crippen molar-refractivity contribution >= 4 is 5.95 Å². The molecule has 2 aromatic rings. The third-order valence-electron chi connectivity index (χ3n) is 3.00. The topological polar surface area (TPSA) is 47.0 Å². The van der Waals surface area contributed by atoms with Crippen molar-refractivity contribution in [2.75, 3.05) is 11.9 Å². The molecule has 1 aromatic carbocycles. The lowest BCUT2D eigenvalue weighted by molar-refractivity contribution is 0.326. The summed E-state index contributed by atoms with van der Waals surface area (Å²) < 4.78 is 5.42. The Bertz CT molecular complexity index is 552.